The van der Waals surface area contributed by atoms with Crippen LogP contribution in [0.3, 0.4) is 0 Å². The lowest BCUT2D eigenvalue weighted by atomic mass is 10.1. The summed E-state index contributed by atoms with van der Waals surface area (Å²) in [6.45, 7) is 2.66. The highest BCUT2D eigenvalue weighted by atomic mass is 35.5. The molecule has 1 unspecified atom stereocenters. The molecule has 4 nitrogen and oxygen atoms in total. The van der Waals surface area contributed by atoms with Gasteiger partial charge in [-0.25, -0.2) is 0 Å². The summed E-state index contributed by atoms with van der Waals surface area (Å²) < 4.78 is 5.59. The highest BCUT2D eigenvalue weighted by Crippen LogP contribution is 2.17. The quantitative estimate of drug-likeness (QED) is 0.906. The molecule has 0 aliphatic carbocycles. The maximum atomic E-state index is 12.3. The van der Waals surface area contributed by atoms with E-state index in [4.69, 9.17) is 16.3 Å². The van der Waals surface area contributed by atoms with Crippen molar-refractivity contribution in [2.24, 2.45) is 0 Å². The maximum Gasteiger partial charge on any atom is 0.227 e. The molecule has 1 heterocycles. The Kier molecular flexibility index (Phi) is 5.19. The summed E-state index contributed by atoms with van der Waals surface area (Å²) in [7, 11) is 1.88. The number of morpholine rings is 1. The van der Waals surface area contributed by atoms with E-state index in [1.165, 1.54) is 0 Å². The third-order valence-electron chi connectivity index (χ3n) is 3.22. The van der Waals surface area contributed by atoms with E-state index in [-0.39, 0.29) is 12.0 Å². The van der Waals surface area contributed by atoms with Crippen molar-refractivity contribution in [2.45, 2.75) is 12.5 Å². The van der Waals surface area contributed by atoms with Crippen molar-refractivity contribution >= 4 is 17.5 Å². The fourth-order valence-electron chi connectivity index (χ4n) is 2.21. The Bertz CT molecular complexity index is 437. The lowest BCUT2D eigenvalue weighted by Gasteiger charge is -2.33. The Morgan fingerprint density at radius 2 is 2.32 bits per heavy atom. The van der Waals surface area contributed by atoms with Crippen LogP contribution in [0.5, 0.6) is 0 Å². The van der Waals surface area contributed by atoms with Crippen molar-refractivity contribution in [1.29, 1.82) is 0 Å². The van der Waals surface area contributed by atoms with Crippen LogP contribution in [-0.2, 0) is 16.0 Å². The molecular weight excluding hydrogens is 264 g/mol. The first kappa shape index (κ1) is 14.3. The summed E-state index contributed by atoms with van der Waals surface area (Å²) in [6, 6.07) is 7.48. The number of halogens is 1. The van der Waals surface area contributed by atoms with Gasteiger partial charge in [0.15, 0.2) is 0 Å². The van der Waals surface area contributed by atoms with Crippen LogP contribution in [-0.4, -0.2) is 50.2 Å². The first-order chi connectivity index (χ1) is 9.20. The zero-order chi connectivity index (χ0) is 13.7. The fraction of sp³-hybridized carbons (Fsp3) is 0.500. The van der Waals surface area contributed by atoms with Crippen LogP contribution in [0.1, 0.15) is 5.56 Å². The Labute approximate surface area is 118 Å². The molecule has 5 heteroatoms. The molecule has 1 aliphatic heterocycles. The van der Waals surface area contributed by atoms with Crippen molar-refractivity contribution in [1.82, 2.24) is 10.2 Å². The monoisotopic (exact) mass is 282 g/mol. The number of carbonyl (C=O) groups is 1. The number of nitrogens with zero attached hydrogens (tertiary/aromatic N) is 1. The molecule has 1 fully saturated rings. The summed E-state index contributed by atoms with van der Waals surface area (Å²) in [6.07, 6.45) is 0.431. The first-order valence-corrected chi connectivity index (χ1v) is 6.86. The average molecular weight is 283 g/mol. The standard InChI is InChI=1S/C14H19ClN2O2/c1-16-9-12-10-17(6-7-19-12)14(18)8-11-4-2-3-5-13(11)15/h2-5,12,16H,6-10H2,1H3. The zero-order valence-corrected chi connectivity index (χ0v) is 11.8. The van der Waals surface area contributed by atoms with E-state index in [1.807, 2.05) is 36.2 Å². The normalized spacial score (nSPS) is 19.5. The van der Waals surface area contributed by atoms with Gasteiger partial charge in [-0.1, -0.05) is 29.8 Å². The van der Waals surface area contributed by atoms with Gasteiger partial charge >= 0.3 is 0 Å². The minimum atomic E-state index is 0.0777. The second-order valence-electron chi connectivity index (χ2n) is 4.66. The molecule has 0 radical (unpaired) electrons. The number of hydrogen-bond donors (Lipinski definition) is 1. The number of carbonyl (C=O) groups excluding carboxylic acids is 1. The molecule has 1 atom stereocenters. The minimum Gasteiger partial charge on any atom is -0.373 e. The Morgan fingerprint density at radius 3 is 3.05 bits per heavy atom. The van der Waals surface area contributed by atoms with Crippen molar-refractivity contribution in [2.75, 3.05) is 33.3 Å². The van der Waals surface area contributed by atoms with Crippen LogP contribution in [0.25, 0.3) is 0 Å². The van der Waals surface area contributed by atoms with E-state index in [0.717, 1.165) is 12.1 Å². The molecule has 2 rings (SSSR count). The van der Waals surface area contributed by atoms with Gasteiger partial charge in [-0.3, -0.25) is 4.79 Å². The first-order valence-electron chi connectivity index (χ1n) is 6.48. The van der Waals surface area contributed by atoms with Crippen LogP contribution in [0.4, 0.5) is 0 Å². The molecule has 0 spiro atoms. The molecule has 0 bridgehead atoms. The van der Waals surface area contributed by atoms with Crippen molar-refractivity contribution in [3.8, 4) is 0 Å². The van der Waals surface area contributed by atoms with Crippen LogP contribution in [0, 0.1) is 0 Å². The van der Waals surface area contributed by atoms with Gasteiger partial charge in [0.1, 0.15) is 0 Å². The van der Waals surface area contributed by atoms with Crippen molar-refractivity contribution < 1.29 is 9.53 Å². The predicted molar refractivity (Wildman–Crippen MR) is 75.4 cm³/mol. The molecular formula is C14H19ClN2O2. The van der Waals surface area contributed by atoms with E-state index in [0.29, 0.717) is 31.1 Å². The van der Waals surface area contributed by atoms with E-state index < -0.39 is 0 Å². The molecule has 1 saturated heterocycles. The Morgan fingerprint density at radius 1 is 1.53 bits per heavy atom. The predicted octanol–water partition coefficient (Wildman–Crippen LogP) is 1.33. The largest absolute Gasteiger partial charge is 0.373 e. The zero-order valence-electron chi connectivity index (χ0n) is 11.1. The lowest BCUT2D eigenvalue weighted by molar-refractivity contribution is -0.137. The number of benzene rings is 1. The van der Waals surface area contributed by atoms with E-state index in [2.05, 4.69) is 5.32 Å². The Hall–Kier alpha value is -1.10. The molecule has 1 aromatic rings. The van der Waals surface area contributed by atoms with Gasteiger partial charge in [-0.05, 0) is 18.7 Å². The highest BCUT2D eigenvalue weighted by molar-refractivity contribution is 6.31. The van der Waals surface area contributed by atoms with E-state index in [9.17, 15) is 4.79 Å². The number of nitrogens with one attached hydrogen (secondary N) is 1. The fourth-order valence-corrected chi connectivity index (χ4v) is 2.42. The van der Waals surface area contributed by atoms with Gasteiger partial charge in [0.05, 0.1) is 19.1 Å². The van der Waals surface area contributed by atoms with Gasteiger partial charge in [-0.2, -0.15) is 0 Å². The van der Waals surface area contributed by atoms with Crippen LogP contribution in [0.2, 0.25) is 5.02 Å². The van der Waals surface area contributed by atoms with Gasteiger partial charge in [0, 0.05) is 24.7 Å². The molecule has 0 saturated carbocycles. The maximum absolute atomic E-state index is 12.3. The second-order valence-corrected chi connectivity index (χ2v) is 5.07. The third kappa shape index (κ3) is 3.93. The van der Waals surface area contributed by atoms with Crippen LogP contribution in [0.15, 0.2) is 24.3 Å². The average Bonchev–Trinajstić information content (AvgIpc) is 2.42. The smallest absolute Gasteiger partial charge is 0.227 e. The Balaban J connectivity index is 1.94. The van der Waals surface area contributed by atoms with Crippen LogP contribution >= 0.6 is 11.6 Å². The molecule has 1 aliphatic rings. The summed E-state index contributed by atoms with van der Waals surface area (Å²) in [5, 5.41) is 3.72. The van der Waals surface area contributed by atoms with E-state index >= 15 is 0 Å². The van der Waals surface area contributed by atoms with Gasteiger partial charge < -0.3 is 15.0 Å². The van der Waals surface area contributed by atoms with E-state index in [1.54, 1.807) is 0 Å². The van der Waals surface area contributed by atoms with Gasteiger partial charge in [0.25, 0.3) is 0 Å². The molecule has 0 aromatic heterocycles. The molecule has 104 valence electrons. The number of likely N-dealkylation sites (N-methyl/N-ethyl adjacent to an activating group) is 1. The second kappa shape index (κ2) is 6.89. The number of ether oxygens (including phenoxy) is 1. The number of amides is 1. The SMILES string of the molecule is CNCC1CN(C(=O)Cc2ccccc2Cl)CCO1. The van der Waals surface area contributed by atoms with Gasteiger partial charge in [-0.15, -0.1) is 0 Å². The highest BCUT2D eigenvalue weighted by Gasteiger charge is 2.23. The number of hydrogen-bond acceptors (Lipinski definition) is 3. The molecule has 1 N–H and O–H groups in total. The summed E-state index contributed by atoms with van der Waals surface area (Å²) in [5.41, 5.74) is 0.880. The van der Waals surface area contributed by atoms with Crippen LogP contribution < -0.4 is 5.32 Å². The van der Waals surface area contributed by atoms with Crippen molar-refractivity contribution in [3.63, 3.8) is 0 Å². The molecule has 1 amide bonds. The lowest BCUT2D eigenvalue weighted by Crippen LogP contribution is -2.49. The molecule has 1 aromatic carbocycles. The third-order valence-corrected chi connectivity index (χ3v) is 3.59. The van der Waals surface area contributed by atoms with Crippen molar-refractivity contribution in [3.05, 3.63) is 34.9 Å². The summed E-state index contributed by atoms with van der Waals surface area (Å²) >= 11 is 6.08. The molecule has 19 heavy (non-hydrogen) atoms. The number of rotatable bonds is 4. The summed E-state index contributed by atoms with van der Waals surface area (Å²) in [5.74, 6) is 0.109. The summed E-state index contributed by atoms with van der Waals surface area (Å²) in [4.78, 5) is 14.1. The topological polar surface area (TPSA) is 41.6 Å². The minimum absolute atomic E-state index is 0.0777. The van der Waals surface area contributed by atoms with Gasteiger partial charge in [0.2, 0.25) is 5.91 Å².